The van der Waals surface area contributed by atoms with Crippen LogP contribution in [0.4, 0.5) is 13.2 Å². The van der Waals surface area contributed by atoms with Gasteiger partial charge in [-0.15, -0.1) is 0 Å². The van der Waals surface area contributed by atoms with Crippen molar-refractivity contribution in [2.45, 2.75) is 59.0 Å². The fraction of sp³-hybridized carbons (Fsp3) is 0.714. The van der Waals surface area contributed by atoms with E-state index in [4.69, 9.17) is 9.15 Å². The molecule has 0 bridgehead atoms. The first kappa shape index (κ1) is 17.0. The molecule has 0 saturated heterocycles. The number of furan rings is 1. The molecule has 0 radical (unpaired) electrons. The molecule has 0 fully saturated rings. The number of halogens is 3. The number of alkyl halides is 3. The molecule has 1 heterocycles. The first-order chi connectivity index (χ1) is 9.28. The number of hydrogen-bond acceptors (Lipinski definition) is 3. The van der Waals surface area contributed by atoms with Gasteiger partial charge in [0.25, 0.3) is 0 Å². The highest BCUT2D eigenvalue weighted by Gasteiger charge is 2.25. The van der Waals surface area contributed by atoms with Gasteiger partial charge in [0.15, 0.2) is 0 Å². The third-order valence-corrected chi connectivity index (χ3v) is 2.74. The quantitative estimate of drug-likeness (QED) is 0.737. The Balaban J connectivity index is 2.29. The van der Waals surface area contributed by atoms with Crippen molar-refractivity contribution in [2.24, 2.45) is 0 Å². The number of hydrogen-bond donors (Lipinski definition) is 1. The predicted octanol–water partition coefficient (Wildman–Crippen LogP) is 3.95. The topological polar surface area (TPSA) is 34.4 Å². The van der Waals surface area contributed by atoms with Crippen molar-refractivity contribution < 1.29 is 22.3 Å². The third kappa shape index (κ3) is 6.96. The van der Waals surface area contributed by atoms with E-state index in [1.807, 2.05) is 26.8 Å². The number of aryl methyl sites for hydroxylation is 1. The van der Waals surface area contributed by atoms with E-state index in [-0.39, 0.29) is 19.6 Å². The fourth-order valence-corrected chi connectivity index (χ4v) is 1.68. The Morgan fingerprint density at radius 1 is 1.35 bits per heavy atom. The molecule has 0 aliphatic carbocycles. The highest BCUT2D eigenvalue weighted by Crippen LogP contribution is 2.21. The average Bonchev–Trinajstić information content (AvgIpc) is 2.65. The molecule has 0 aliphatic heterocycles. The molecule has 1 aromatic heterocycles. The molecule has 0 unspecified atom stereocenters. The molecule has 6 heteroatoms. The first-order valence-corrected chi connectivity index (χ1v) is 6.74. The minimum Gasteiger partial charge on any atom is -0.462 e. The standard InChI is InChI=1S/C14H22F3NO2/c1-10(2)18-8-13-11(3)7-12(20-13)9-19-6-4-5-14(15,16)17/h7,10,18H,4-6,8-9H2,1-3H3. The number of ether oxygens (including phenoxy) is 1. The molecule has 116 valence electrons. The van der Waals surface area contributed by atoms with Gasteiger partial charge >= 0.3 is 6.18 Å². The summed E-state index contributed by atoms with van der Waals surface area (Å²) in [5.74, 6) is 1.49. The normalized spacial score (nSPS) is 12.3. The monoisotopic (exact) mass is 293 g/mol. The molecule has 0 aromatic carbocycles. The van der Waals surface area contributed by atoms with Crippen LogP contribution < -0.4 is 5.32 Å². The second kappa shape index (κ2) is 7.69. The van der Waals surface area contributed by atoms with E-state index in [2.05, 4.69) is 5.32 Å². The molecular weight excluding hydrogens is 271 g/mol. The fourth-order valence-electron chi connectivity index (χ4n) is 1.68. The molecular formula is C14H22F3NO2. The Hall–Kier alpha value is -1.01. The Bertz CT molecular complexity index is 400. The Morgan fingerprint density at radius 3 is 2.65 bits per heavy atom. The first-order valence-electron chi connectivity index (χ1n) is 6.74. The molecule has 3 nitrogen and oxygen atoms in total. The van der Waals surface area contributed by atoms with Crippen LogP contribution in [0.25, 0.3) is 0 Å². The van der Waals surface area contributed by atoms with Gasteiger partial charge in [-0.25, -0.2) is 0 Å². The van der Waals surface area contributed by atoms with Crippen LogP contribution in [0.15, 0.2) is 10.5 Å². The zero-order valence-electron chi connectivity index (χ0n) is 12.1. The van der Waals surface area contributed by atoms with Crippen LogP contribution in [0.3, 0.4) is 0 Å². The molecule has 0 aliphatic rings. The SMILES string of the molecule is Cc1cc(COCCCC(F)(F)F)oc1CNC(C)C. The minimum atomic E-state index is -4.11. The zero-order chi connectivity index (χ0) is 15.2. The van der Waals surface area contributed by atoms with Crippen LogP contribution in [0.2, 0.25) is 0 Å². The van der Waals surface area contributed by atoms with E-state index >= 15 is 0 Å². The minimum absolute atomic E-state index is 0.0229. The summed E-state index contributed by atoms with van der Waals surface area (Å²) in [6, 6.07) is 2.22. The highest BCUT2D eigenvalue weighted by molar-refractivity contribution is 5.19. The Labute approximate surface area is 117 Å². The Kier molecular flexibility index (Phi) is 6.55. The molecule has 20 heavy (non-hydrogen) atoms. The summed E-state index contributed by atoms with van der Waals surface area (Å²) in [7, 11) is 0. The molecule has 0 spiro atoms. The van der Waals surface area contributed by atoms with E-state index in [1.54, 1.807) is 0 Å². The molecule has 0 atom stereocenters. The molecule has 0 amide bonds. The number of rotatable bonds is 8. The second-order valence-electron chi connectivity index (χ2n) is 5.13. The Morgan fingerprint density at radius 2 is 2.05 bits per heavy atom. The summed E-state index contributed by atoms with van der Waals surface area (Å²) < 4.78 is 46.6. The van der Waals surface area contributed by atoms with Crippen LogP contribution in [0, 0.1) is 6.92 Å². The van der Waals surface area contributed by atoms with Crippen LogP contribution in [-0.2, 0) is 17.9 Å². The smallest absolute Gasteiger partial charge is 0.389 e. The highest BCUT2D eigenvalue weighted by atomic mass is 19.4. The molecule has 1 rings (SSSR count). The van der Waals surface area contributed by atoms with Gasteiger partial charge < -0.3 is 14.5 Å². The van der Waals surface area contributed by atoms with E-state index < -0.39 is 12.6 Å². The molecule has 0 saturated carbocycles. The van der Waals surface area contributed by atoms with Gasteiger partial charge in [-0.2, -0.15) is 13.2 Å². The maximum atomic E-state index is 11.9. The summed E-state index contributed by atoms with van der Waals surface area (Å²) in [5, 5.41) is 3.25. The van der Waals surface area contributed by atoms with Gasteiger partial charge in [-0.1, -0.05) is 13.8 Å². The largest absolute Gasteiger partial charge is 0.462 e. The van der Waals surface area contributed by atoms with Crippen molar-refractivity contribution in [1.82, 2.24) is 5.32 Å². The van der Waals surface area contributed by atoms with Crippen molar-refractivity contribution in [3.8, 4) is 0 Å². The van der Waals surface area contributed by atoms with Gasteiger partial charge in [0, 0.05) is 19.1 Å². The van der Waals surface area contributed by atoms with Crippen LogP contribution in [0.5, 0.6) is 0 Å². The van der Waals surface area contributed by atoms with Gasteiger partial charge in [-0.3, -0.25) is 0 Å². The van der Waals surface area contributed by atoms with Gasteiger partial charge in [0.2, 0.25) is 0 Å². The summed E-state index contributed by atoms with van der Waals surface area (Å²) in [5.41, 5.74) is 1.02. The summed E-state index contributed by atoms with van der Waals surface area (Å²) in [4.78, 5) is 0. The van der Waals surface area contributed by atoms with Crippen molar-refractivity contribution >= 4 is 0 Å². The van der Waals surface area contributed by atoms with E-state index in [0.29, 0.717) is 18.3 Å². The molecule has 1 aromatic rings. The number of nitrogens with one attached hydrogen (secondary N) is 1. The average molecular weight is 293 g/mol. The summed E-state index contributed by atoms with van der Waals surface area (Å²) in [6.45, 7) is 6.96. The lowest BCUT2D eigenvalue weighted by Crippen LogP contribution is -2.21. The van der Waals surface area contributed by atoms with Crippen molar-refractivity contribution in [3.63, 3.8) is 0 Å². The lowest BCUT2D eigenvalue weighted by molar-refractivity contribution is -0.138. The van der Waals surface area contributed by atoms with Crippen molar-refractivity contribution in [3.05, 3.63) is 23.2 Å². The second-order valence-corrected chi connectivity index (χ2v) is 5.13. The predicted molar refractivity (Wildman–Crippen MR) is 70.4 cm³/mol. The summed E-state index contributed by atoms with van der Waals surface area (Å²) in [6.07, 6.45) is -4.95. The lowest BCUT2D eigenvalue weighted by Gasteiger charge is -2.07. The summed E-state index contributed by atoms with van der Waals surface area (Å²) >= 11 is 0. The van der Waals surface area contributed by atoms with Crippen LogP contribution in [-0.4, -0.2) is 18.8 Å². The lowest BCUT2D eigenvalue weighted by atomic mass is 10.2. The molecule has 1 N–H and O–H groups in total. The third-order valence-electron chi connectivity index (χ3n) is 2.74. The van der Waals surface area contributed by atoms with E-state index in [0.717, 1.165) is 11.3 Å². The van der Waals surface area contributed by atoms with E-state index in [1.165, 1.54) is 0 Å². The van der Waals surface area contributed by atoms with Crippen molar-refractivity contribution in [2.75, 3.05) is 6.61 Å². The van der Waals surface area contributed by atoms with Crippen LogP contribution in [0.1, 0.15) is 43.8 Å². The van der Waals surface area contributed by atoms with E-state index in [9.17, 15) is 13.2 Å². The van der Waals surface area contributed by atoms with Crippen molar-refractivity contribution in [1.29, 1.82) is 0 Å². The zero-order valence-corrected chi connectivity index (χ0v) is 12.1. The van der Waals surface area contributed by atoms with Crippen LogP contribution >= 0.6 is 0 Å². The van der Waals surface area contributed by atoms with Gasteiger partial charge in [-0.05, 0) is 25.0 Å². The van der Waals surface area contributed by atoms with Gasteiger partial charge in [0.1, 0.15) is 18.1 Å². The van der Waals surface area contributed by atoms with Gasteiger partial charge in [0.05, 0.1) is 6.54 Å². The maximum absolute atomic E-state index is 11.9. The maximum Gasteiger partial charge on any atom is 0.389 e.